The van der Waals surface area contributed by atoms with Gasteiger partial charge in [-0.1, -0.05) is 18.2 Å². The Morgan fingerprint density at radius 3 is 2.96 bits per heavy atom. The minimum absolute atomic E-state index is 0.137. The number of nitrogens with one attached hydrogen (secondary N) is 1. The van der Waals surface area contributed by atoms with Crippen LogP contribution in [0.25, 0.3) is 0 Å². The lowest BCUT2D eigenvalue weighted by Crippen LogP contribution is -2.44. The largest absolute Gasteiger partial charge is 0.376 e. The summed E-state index contributed by atoms with van der Waals surface area (Å²) < 4.78 is 5.44. The van der Waals surface area contributed by atoms with Gasteiger partial charge in [-0.05, 0) is 17.7 Å². The molecule has 0 bridgehead atoms. The molecule has 3 heterocycles. The average Bonchev–Trinajstić information content (AvgIpc) is 3.01. The lowest BCUT2D eigenvalue weighted by molar-refractivity contribution is -0.122. The number of rotatable bonds is 2. The normalized spacial score (nSPS) is 18.4. The molecule has 2 aromatic rings. The molecule has 2 amide bonds. The van der Waals surface area contributed by atoms with Crippen molar-refractivity contribution >= 4 is 23.2 Å². The van der Waals surface area contributed by atoms with E-state index in [9.17, 15) is 9.59 Å². The maximum absolute atomic E-state index is 12.8. The van der Waals surface area contributed by atoms with Crippen molar-refractivity contribution in [3.05, 3.63) is 53.3 Å². The van der Waals surface area contributed by atoms with Crippen LogP contribution in [0.1, 0.15) is 23.7 Å². The van der Waals surface area contributed by atoms with Gasteiger partial charge in [-0.2, -0.15) is 0 Å². The molecule has 0 radical (unpaired) electrons. The van der Waals surface area contributed by atoms with Crippen LogP contribution in [0, 0.1) is 0 Å². The highest BCUT2D eigenvalue weighted by Crippen LogP contribution is 2.32. The van der Waals surface area contributed by atoms with Gasteiger partial charge < -0.3 is 10.1 Å². The Morgan fingerprint density at radius 2 is 2.12 bits per heavy atom. The second-order valence-corrected chi connectivity index (χ2v) is 6.36. The molecule has 1 atom stereocenters. The van der Waals surface area contributed by atoms with Gasteiger partial charge in [0.2, 0.25) is 11.8 Å². The highest BCUT2D eigenvalue weighted by atomic mass is 16.5. The molecule has 2 aliphatic heterocycles. The molecule has 1 aromatic heterocycles. The molecule has 1 N–H and O–H groups in total. The van der Waals surface area contributed by atoms with Gasteiger partial charge in [0.05, 0.1) is 25.1 Å². The van der Waals surface area contributed by atoms with E-state index >= 15 is 0 Å². The van der Waals surface area contributed by atoms with Crippen LogP contribution < -0.4 is 10.2 Å². The molecule has 0 fully saturated rings. The predicted molar refractivity (Wildman–Crippen MR) is 93.3 cm³/mol. The van der Waals surface area contributed by atoms with E-state index in [0.29, 0.717) is 25.3 Å². The summed E-state index contributed by atoms with van der Waals surface area (Å²) in [6, 6.07) is 8.99. The number of carbonyl (C=O) groups is 2. The van der Waals surface area contributed by atoms with Gasteiger partial charge >= 0.3 is 0 Å². The van der Waals surface area contributed by atoms with Crippen LogP contribution in [0.3, 0.4) is 0 Å². The van der Waals surface area contributed by atoms with Crippen LogP contribution in [0.15, 0.2) is 36.5 Å². The highest BCUT2D eigenvalue weighted by Gasteiger charge is 2.36. The topological polar surface area (TPSA) is 71.5 Å². The van der Waals surface area contributed by atoms with Crippen LogP contribution in [-0.2, 0) is 33.8 Å². The number of ether oxygens (including phenoxy) is 1. The fraction of sp³-hybridized carbons (Fsp3) is 0.316. The van der Waals surface area contributed by atoms with E-state index in [0.717, 1.165) is 28.9 Å². The molecule has 0 aliphatic carbocycles. The summed E-state index contributed by atoms with van der Waals surface area (Å²) in [5.74, 6) is -0.341. The number of benzene rings is 1. The van der Waals surface area contributed by atoms with Crippen LogP contribution in [0.5, 0.6) is 0 Å². The zero-order valence-electron chi connectivity index (χ0n) is 14.0. The first-order valence-corrected chi connectivity index (χ1v) is 8.37. The maximum atomic E-state index is 12.8. The monoisotopic (exact) mass is 337 g/mol. The highest BCUT2D eigenvalue weighted by molar-refractivity contribution is 6.06. The molecule has 0 saturated carbocycles. The van der Waals surface area contributed by atoms with Crippen LogP contribution in [0.2, 0.25) is 0 Å². The van der Waals surface area contributed by atoms with E-state index in [1.807, 2.05) is 30.3 Å². The third-order valence-electron chi connectivity index (χ3n) is 4.69. The van der Waals surface area contributed by atoms with E-state index in [2.05, 4.69) is 10.3 Å². The Morgan fingerprint density at radius 1 is 1.28 bits per heavy atom. The predicted octanol–water partition coefficient (Wildman–Crippen LogP) is 2.07. The van der Waals surface area contributed by atoms with Gasteiger partial charge in [-0.15, -0.1) is 0 Å². The first-order chi connectivity index (χ1) is 12.1. The van der Waals surface area contributed by atoms with E-state index in [4.69, 9.17) is 4.74 Å². The van der Waals surface area contributed by atoms with Gasteiger partial charge in [-0.3, -0.25) is 19.5 Å². The molecule has 25 heavy (non-hydrogen) atoms. The summed E-state index contributed by atoms with van der Waals surface area (Å²) in [4.78, 5) is 30.9. The molecule has 0 saturated heterocycles. The van der Waals surface area contributed by atoms with E-state index < -0.39 is 6.04 Å². The number of pyridine rings is 1. The molecule has 1 aromatic carbocycles. The number of para-hydroxylation sites is 1. The van der Waals surface area contributed by atoms with Crippen molar-refractivity contribution in [2.45, 2.75) is 32.4 Å². The first-order valence-electron chi connectivity index (χ1n) is 8.37. The maximum Gasteiger partial charge on any atom is 0.247 e. The van der Waals surface area contributed by atoms with Crippen molar-refractivity contribution in [2.24, 2.45) is 0 Å². The second kappa shape index (κ2) is 6.29. The third kappa shape index (κ3) is 2.89. The molecule has 6 heteroatoms. The summed E-state index contributed by atoms with van der Waals surface area (Å²) in [7, 11) is 0. The minimum Gasteiger partial charge on any atom is -0.376 e. The van der Waals surface area contributed by atoms with Crippen molar-refractivity contribution in [2.75, 3.05) is 16.8 Å². The van der Waals surface area contributed by atoms with Crippen molar-refractivity contribution in [3.8, 4) is 0 Å². The van der Waals surface area contributed by atoms with Crippen LogP contribution >= 0.6 is 0 Å². The Balaban J connectivity index is 1.56. The summed E-state index contributed by atoms with van der Waals surface area (Å²) in [6.07, 6.45) is 2.98. The average molecular weight is 337 g/mol. The van der Waals surface area contributed by atoms with Crippen molar-refractivity contribution < 1.29 is 14.3 Å². The summed E-state index contributed by atoms with van der Waals surface area (Å²) in [6.45, 7) is 2.68. The van der Waals surface area contributed by atoms with E-state index in [1.54, 1.807) is 11.1 Å². The Labute approximate surface area is 145 Å². The molecule has 4 rings (SSSR count). The number of amides is 2. The minimum atomic E-state index is -0.540. The van der Waals surface area contributed by atoms with Crippen molar-refractivity contribution in [3.63, 3.8) is 0 Å². The molecule has 0 unspecified atom stereocenters. The molecule has 2 aliphatic rings. The van der Waals surface area contributed by atoms with Gasteiger partial charge in [0.15, 0.2) is 0 Å². The van der Waals surface area contributed by atoms with Gasteiger partial charge in [0, 0.05) is 36.7 Å². The van der Waals surface area contributed by atoms with Gasteiger partial charge in [0.25, 0.3) is 0 Å². The number of anilines is 2. The summed E-state index contributed by atoms with van der Waals surface area (Å²) >= 11 is 0. The Bertz CT molecular complexity index is 850. The number of hydrogen-bond donors (Lipinski definition) is 1. The fourth-order valence-corrected chi connectivity index (χ4v) is 3.52. The molecular formula is C19H19N3O3. The van der Waals surface area contributed by atoms with Crippen LogP contribution in [-0.4, -0.2) is 29.4 Å². The first kappa shape index (κ1) is 15.8. The van der Waals surface area contributed by atoms with E-state index in [1.165, 1.54) is 6.92 Å². The van der Waals surface area contributed by atoms with Crippen molar-refractivity contribution in [1.82, 2.24) is 4.98 Å². The van der Waals surface area contributed by atoms with Gasteiger partial charge in [-0.25, -0.2) is 0 Å². The number of hydrogen-bond acceptors (Lipinski definition) is 4. The molecule has 0 spiro atoms. The zero-order valence-corrected chi connectivity index (χ0v) is 14.0. The van der Waals surface area contributed by atoms with E-state index in [-0.39, 0.29) is 11.8 Å². The number of nitrogens with zero attached hydrogens (tertiary/aromatic N) is 2. The second-order valence-electron chi connectivity index (χ2n) is 6.36. The van der Waals surface area contributed by atoms with Crippen molar-refractivity contribution in [1.29, 1.82) is 0 Å². The molecular weight excluding hydrogens is 318 g/mol. The molecule has 128 valence electrons. The SMILES string of the molecule is CC(=O)N1c2ccccc2C[C@H]1C(=O)Nc1cnc2c(c1)COCC2. The lowest BCUT2D eigenvalue weighted by atomic mass is 10.1. The summed E-state index contributed by atoms with van der Waals surface area (Å²) in [5, 5.41) is 2.90. The Hall–Kier alpha value is -2.73. The quantitative estimate of drug-likeness (QED) is 0.911. The smallest absolute Gasteiger partial charge is 0.247 e. The van der Waals surface area contributed by atoms with Gasteiger partial charge in [0.1, 0.15) is 6.04 Å². The zero-order chi connectivity index (χ0) is 17.4. The number of aromatic nitrogens is 1. The number of fused-ring (bicyclic) bond motifs is 2. The molecule has 6 nitrogen and oxygen atoms in total. The number of carbonyl (C=O) groups excluding carboxylic acids is 2. The third-order valence-corrected chi connectivity index (χ3v) is 4.69. The lowest BCUT2D eigenvalue weighted by Gasteiger charge is -2.23. The van der Waals surface area contributed by atoms with Crippen LogP contribution in [0.4, 0.5) is 11.4 Å². The fourth-order valence-electron chi connectivity index (χ4n) is 3.52. The summed E-state index contributed by atoms with van der Waals surface area (Å²) in [5.41, 5.74) is 4.47. The Kier molecular flexibility index (Phi) is 3.97. The standard InChI is InChI=1S/C19H19N3O3/c1-12(23)22-17-5-3-2-4-13(17)9-18(22)19(24)21-15-8-14-11-25-7-6-16(14)20-10-15/h2-5,8,10,18H,6-7,9,11H2,1H3,(H,21,24)/t18-/m0/s1.